The first-order valence-electron chi connectivity index (χ1n) is 6.25. The van der Waals surface area contributed by atoms with E-state index in [9.17, 15) is 5.11 Å². The number of aromatic nitrogens is 2. The van der Waals surface area contributed by atoms with Crippen molar-refractivity contribution in [1.82, 2.24) is 9.97 Å². The molecule has 0 saturated carbocycles. The van der Waals surface area contributed by atoms with E-state index in [1.54, 1.807) is 12.4 Å². The molecule has 5 nitrogen and oxygen atoms in total. The van der Waals surface area contributed by atoms with Gasteiger partial charge in [-0.3, -0.25) is 0 Å². The highest BCUT2D eigenvalue weighted by molar-refractivity contribution is 7.99. The Morgan fingerprint density at radius 3 is 2.62 bits per heavy atom. The highest BCUT2D eigenvalue weighted by Gasteiger charge is 2.13. The number of rotatable bonds is 5. The zero-order valence-corrected chi connectivity index (χ0v) is 13.6. The van der Waals surface area contributed by atoms with Gasteiger partial charge in [-0.2, -0.15) is 0 Å². The molecule has 114 valence electrons. The molecule has 7 heteroatoms. The van der Waals surface area contributed by atoms with Crippen molar-refractivity contribution in [2.24, 2.45) is 5.73 Å². The van der Waals surface area contributed by atoms with Crippen LogP contribution in [0.5, 0.6) is 0 Å². The normalized spacial score (nSPS) is 10.1. The molecular formula is C14H19ClN4OS. The third kappa shape index (κ3) is 4.07. The maximum Gasteiger partial charge on any atom is 0.133 e. The van der Waals surface area contributed by atoms with Crippen molar-refractivity contribution >= 4 is 30.0 Å². The molecule has 0 atom stereocenters. The molecule has 2 heterocycles. The molecular weight excluding hydrogens is 308 g/mol. The van der Waals surface area contributed by atoms with Crippen molar-refractivity contribution < 1.29 is 5.11 Å². The van der Waals surface area contributed by atoms with Gasteiger partial charge < -0.3 is 15.7 Å². The van der Waals surface area contributed by atoms with Crippen molar-refractivity contribution in [2.75, 3.05) is 19.0 Å². The van der Waals surface area contributed by atoms with E-state index in [2.05, 4.69) is 9.97 Å². The Kier molecular flexibility index (Phi) is 6.91. The Bertz CT molecular complexity index is 595. The smallest absolute Gasteiger partial charge is 0.133 e. The van der Waals surface area contributed by atoms with Gasteiger partial charge in [0.2, 0.25) is 0 Å². The van der Waals surface area contributed by atoms with Crippen LogP contribution in [0.2, 0.25) is 0 Å². The van der Waals surface area contributed by atoms with E-state index in [4.69, 9.17) is 5.73 Å². The van der Waals surface area contributed by atoms with Crippen LogP contribution < -0.4 is 10.6 Å². The van der Waals surface area contributed by atoms with Crippen LogP contribution in [0.25, 0.3) is 0 Å². The first kappa shape index (κ1) is 17.7. The lowest BCUT2D eigenvalue weighted by Gasteiger charge is -2.18. The summed E-state index contributed by atoms with van der Waals surface area (Å²) in [5.41, 5.74) is 7.66. The summed E-state index contributed by atoms with van der Waals surface area (Å²) in [6.07, 6.45) is 3.48. The lowest BCUT2D eigenvalue weighted by Crippen LogP contribution is -2.15. The standard InChI is InChI=1S/C14H18N4OS.ClH/c1-18(2)13-11(8-15)12(5-7-16-13)20-14-10(9-19)4-3-6-17-14;/h3-7,19H,8-9,15H2,1-2H3;1H. The van der Waals surface area contributed by atoms with E-state index in [1.807, 2.05) is 37.2 Å². The van der Waals surface area contributed by atoms with Gasteiger partial charge in [0, 0.05) is 49.1 Å². The minimum atomic E-state index is -0.0280. The molecule has 0 amide bonds. The van der Waals surface area contributed by atoms with Gasteiger partial charge in [-0.15, -0.1) is 12.4 Å². The summed E-state index contributed by atoms with van der Waals surface area (Å²) in [6.45, 7) is 0.380. The number of nitrogens with zero attached hydrogens (tertiary/aromatic N) is 3. The van der Waals surface area contributed by atoms with E-state index in [1.165, 1.54) is 11.8 Å². The number of anilines is 1. The Hall–Kier alpha value is -1.34. The third-order valence-corrected chi connectivity index (χ3v) is 4.01. The maximum atomic E-state index is 9.37. The fourth-order valence-corrected chi connectivity index (χ4v) is 2.89. The molecule has 0 spiro atoms. The second kappa shape index (κ2) is 8.19. The number of nitrogens with two attached hydrogens (primary N) is 1. The van der Waals surface area contributed by atoms with Gasteiger partial charge >= 0.3 is 0 Å². The quantitative estimate of drug-likeness (QED) is 0.876. The van der Waals surface area contributed by atoms with Crippen LogP contribution >= 0.6 is 24.2 Å². The molecule has 0 saturated heterocycles. The van der Waals surface area contributed by atoms with Crippen molar-refractivity contribution in [3.8, 4) is 0 Å². The summed E-state index contributed by atoms with van der Waals surface area (Å²) in [5.74, 6) is 0.860. The van der Waals surface area contributed by atoms with Crippen molar-refractivity contribution in [3.05, 3.63) is 41.7 Å². The lowest BCUT2D eigenvalue weighted by molar-refractivity contribution is 0.278. The van der Waals surface area contributed by atoms with Gasteiger partial charge in [0.1, 0.15) is 10.8 Å². The summed E-state index contributed by atoms with van der Waals surface area (Å²) < 4.78 is 0. The van der Waals surface area contributed by atoms with Gasteiger partial charge in [0.25, 0.3) is 0 Å². The summed E-state index contributed by atoms with van der Waals surface area (Å²) in [5, 5.41) is 10.2. The zero-order valence-electron chi connectivity index (χ0n) is 12.0. The van der Waals surface area contributed by atoms with Crippen LogP contribution in [-0.4, -0.2) is 29.2 Å². The topological polar surface area (TPSA) is 75.3 Å². The molecule has 0 unspecified atom stereocenters. The highest BCUT2D eigenvalue weighted by atomic mass is 35.5. The first-order chi connectivity index (χ1) is 9.67. The Morgan fingerprint density at radius 2 is 2.00 bits per heavy atom. The fourth-order valence-electron chi connectivity index (χ4n) is 1.88. The van der Waals surface area contributed by atoms with Crippen LogP contribution in [0.1, 0.15) is 11.1 Å². The molecule has 0 fully saturated rings. The average molecular weight is 327 g/mol. The highest BCUT2D eigenvalue weighted by Crippen LogP contribution is 2.34. The number of pyridine rings is 2. The number of hydrogen-bond donors (Lipinski definition) is 2. The van der Waals surface area contributed by atoms with Crippen molar-refractivity contribution in [2.45, 2.75) is 23.1 Å². The van der Waals surface area contributed by atoms with Crippen LogP contribution in [0, 0.1) is 0 Å². The minimum absolute atomic E-state index is 0. The van der Waals surface area contributed by atoms with E-state index >= 15 is 0 Å². The van der Waals surface area contributed by atoms with Gasteiger partial charge in [0.15, 0.2) is 0 Å². The molecule has 2 aromatic heterocycles. The zero-order chi connectivity index (χ0) is 14.5. The van der Waals surface area contributed by atoms with Crippen LogP contribution in [0.4, 0.5) is 5.82 Å². The largest absolute Gasteiger partial charge is 0.392 e. The monoisotopic (exact) mass is 326 g/mol. The number of hydrogen-bond acceptors (Lipinski definition) is 6. The Morgan fingerprint density at radius 1 is 1.24 bits per heavy atom. The Labute approximate surface area is 135 Å². The SMILES string of the molecule is CN(C)c1nccc(Sc2ncccc2CO)c1CN.Cl. The predicted molar refractivity (Wildman–Crippen MR) is 88.0 cm³/mol. The molecule has 3 N–H and O–H groups in total. The van der Waals surface area contributed by atoms with Crippen LogP contribution in [0.3, 0.4) is 0 Å². The molecule has 2 aromatic rings. The Balaban J connectivity index is 0.00000220. The van der Waals surface area contributed by atoms with Crippen molar-refractivity contribution in [1.29, 1.82) is 0 Å². The molecule has 0 radical (unpaired) electrons. The molecule has 21 heavy (non-hydrogen) atoms. The van der Waals surface area contributed by atoms with E-state index in [0.29, 0.717) is 6.54 Å². The molecule has 2 rings (SSSR count). The lowest BCUT2D eigenvalue weighted by atomic mass is 10.2. The number of aliphatic hydroxyl groups excluding tert-OH is 1. The maximum absolute atomic E-state index is 9.37. The average Bonchev–Trinajstić information content (AvgIpc) is 2.47. The molecule has 0 bridgehead atoms. The molecule has 0 aliphatic rings. The van der Waals surface area contributed by atoms with Gasteiger partial charge in [0.05, 0.1) is 6.61 Å². The summed E-state index contributed by atoms with van der Waals surface area (Å²) >= 11 is 1.50. The predicted octanol–water partition coefficient (Wildman–Crippen LogP) is 2.07. The molecule has 0 aliphatic carbocycles. The molecule has 0 aliphatic heterocycles. The van der Waals surface area contributed by atoms with E-state index in [0.717, 1.165) is 26.9 Å². The molecule has 0 aromatic carbocycles. The minimum Gasteiger partial charge on any atom is -0.392 e. The first-order valence-corrected chi connectivity index (χ1v) is 7.07. The van der Waals surface area contributed by atoms with Gasteiger partial charge in [-0.1, -0.05) is 17.8 Å². The van der Waals surface area contributed by atoms with E-state index < -0.39 is 0 Å². The van der Waals surface area contributed by atoms with Crippen LogP contribution in [-0.2, 0) is 13.2 Å². The van der Waals surface area contributed by atoms with Gasteiger partial charge in [-0.05, 0) is 12.1 Å². The number of halogens is 1. The second-order valence-corrected chi connectivity index (χ2v) is 5.47. The summed E-state index contributed by atoms with van der Waals surface area (Å²) in [4.78, 5) is 11.6. The van der Waals surface area contributed by atoms with E-state index in [-0.39, 0.29) is 19.0 Å². The number of aliphatic hydroxyl groups is 1. The van der Waals surface area contributed by atoms with Crippen molar-refractivity contribution in [3.63, 3.8) is 0 Å². The van der Waals surface area contributed by atoms with Gasteiger partial charge in [-0.25, -0.2) is 9.97 Å². The third-order valence-electron chi connectivity index (χ3n) is 2.84. The summed E-state index contributed by atoms with van der Waals surface area (Å²) in [7, 11) is 3.88. The fraction of sp³-hybridized carbons (Fsp3) is 0.286. The summed E-state index contributed by atoms with van der Waals surface area (Å²) in [6, 6.07) is 5.61. The van der Waals surface area contributed by atoms with Crippen LogP contribution in [0.15, 0.2) is 40.5 Å². The second-order valence-electron chi connectivity index (χ2n) is 4.44.